The summed E-state index contributed by atoms with van der Waals surface area (Å²) >= 11 is 0. The van der Waals surface area contributed by atoms with E-state index in [9.17, 15) is 14.4 Å². The van der Waals surface area contributed by atoms with Gasteiger partial charge in [-0.25, -0.2) is 4.98 Å². The maximum atomic E-state index is 13.8. The highest BCUT2D eigenvalue weighted by molar-refractivity contribution is 5.87. The number of benzene rings is 1. The highest BCUT2D eigenvalue weighted by atomic mass is 16.2. The van der Waals surface area contributed by atoms with Gasteiger partial charge in [0.2, 0.25) is 17.7 Å². The lowest BCUT2D eigenvalue weighted by molar-refractivity contribution is -0.144. The Bertz CT molecular complexity index is 1080. The van der Waals surface area contributed by atoms with Crippen molar-refractivity contribution < 1.29 is 14.4 Å². The van der Waals surface area contributed by atoms with Crippen LogP contribution in [0.25, 0.3) is 0 Å². The lowest BCUT2D eigenvalue weighted by Crippen LogP contribution is -2.56. The fourth-order valence-electron chi connectivity index (χ4n) is 5.61. The molecule has 184 valence electrons. The molecule has 4 heterocycles. The number of nitrogens with one attached hydrogen (secondary N) is 1. The predicted molar refractivity (Wildman–Crippen MR) is 132 cm³/mol. The molecule has 8 nitrogen and oxygen atoms in total. The number of piperazine rings is 1. The third-order valence-corrected chi connectivity index (χ3v) is 7.45. The molecule has 35 heavy (non-hydrogen) atoms. The first kappa shape index (κ1) is 23.3. The summed E-state index contributed by atoms with van der Waals surface area (Å²) in [5.74, 6) is 0.854. The SMILES string of the molecule is C[C@H]1CN(C(=O)C[C@H]2Cc3ccccc3CN2C(=O)C2CCN(c3ccccn3)CC2)CC(=O)N1. The van der Waals surface area contributed by atoms with Gasteiger partial charge in [0.05, 0.1) is 6.54 Å². The zero-order valence-electron chi connectivity index (χ0n) is 20.2. The van der Waals surface area contributed by atoms with Crippen molar-refractivity contribution in [3.8, 4) is 0 Å². The largest absolute Gasteiger partial charge is 0.357 e. The minimum Gasteiger partial charge on any atom is -0.357 e. The van der Waals surface area contributed by atoms with Gasteiger partial charge in [-0.1, -0.05) is 30.3 Å². The number of piperidine rings is 1. The van der Waals surface area contributed by atoms with Crippen LogP contribution < -0.4 is 10.2 Å². The number of hydrogen-bond acceptors (Lipinski definition) is 5. The molecule has 2 atom stereocenters. The maximum absolute atomic E-state index is 13.8. The number of carbonyl (C=O) groups is 3. The zero-order chi connectivity index (χ0) is 24.4. The van der Waals surface area contributed by atoms with Crippen molar-refractivity contribution in [2.45, 2.75) is 51.2 Å². The van der Waals surface area contributed by atoms with Crippen LogP contribution in [-0.2, 0) is 27.3 Å². The first-order chi connectivity index (χ1) is 17.0. The molecule has 0 aliphatic carbocycles. The highest BCUT2D eigenvalue weighted by Crippen LogP contribution is 2.30. The van der Waals surface area contributed by atoms with Crippen LogP contribution in [0.1, 0.15) is 37.3 Å². The molecular weight excluding hydrogens is 442 g/mol. The molecule has 0 radical (unpaired) electrons. The van der Waals surface area contributed by atoms with Crippen molar-refractivity contribution in [1.29, 1.82) is 0 Å². The summed E-state index contributed by atoms with van der Waals surface area (Å²) in [6, 6.07) is 13.8. The van der Waals surface area contributed by atoms with Crippen LogP contribution in [0.2, 0.25) is 0 Å². The average Bonchev–Trinajstić information content (AvgIpc) is 2.88. The number of carbonyl (C=O) groups excluding carboxylic acids is 3. The van der Waals surface area contributed by atoms with E-state index in [0.717, 1.165) is 37.3 Å². The summed E-state index contributed by atoms with van der Waals surface area (Å²) < 4.78 is 0. The molecule has 3 aliphatic rings. The summed E-state index contributed by atoms with van der Waals surface area (Å²) in [6.07, 6.45) is 4.25. The van der Waals surface area contributed by atoms with Crippen molar-refractivity contribution in [2.24, 2.45) is 5.92 Å². The number of rotatable bonds is 4. The van der Waals surface area contributed by atoms with E-state index in [1.165, 1.54) is 5.56 Å². The third kappa shape index (κ3) is 5.16. The van der Waals surface area contributed by atoms with Crippen LogP contribution >= 0.6 is 0 Å². The standard InChI is InChI=1S/C27H33N5O3/c1-19-16-31(18-25(33)29-19)26(34)15-23-14-21-6-2-3-7-22(21)17-32(23)27(35)20-9-12-30(13-10-20)24-8-4-5-11-28-24/h2-8,11,19-20,23H,9-10,12-18H2,1H3,(H,29,33)/t19-,23+/m0/s1. The number of amides is 3. The van der Waals surface area contributed by atoms with Gasteiger partial charge in [0, 0.05) is 56.8 Å². The summed E-state index contributed by atoms with van der Waals surface area (Å²) in [7, 11) is 0. The Morgan fingerprint density at radius 1 is 1.03 bits per heavy atom. The van der Waals surface area contributed by atoms with Crippen LogP contribution in [0.5, 0.6) is 0 Å². The lowest BCUT2D eigenvalue weighted by atomic mass is 9.88. The second-order valence-electron chi connectivity index (χ2n) is 9.99. The van der Waals surface area contributed by atoms with Crippen molar-refractivity contribution >= 4 is 23.5 Å². The van der Waals surface area contributed by atoms with Gasteiger partial charge >= 0.3 is 0 Å². The first-order valence-electron chi connectivity index (χ1n) is 12.6. The number of hydrogen-bond donors (Lipinski definition) is 1. The van der Waals surface area contributed by atoms with E-state index in [2.05, 4.69) is 27.3 Å². The molecule has 2 fully saturated rings. The maximum Gasteiger partial charge on any atom is 0.239 e. The molecule has 3 aliphatic heterocycles. The number of fused-ring (bicyclic) bond motifs is 1. The molecule has 0 unspecified atom stereocenters. The Balaban J connectivity index is 1.29. The molecule has 0 spiro atoms. The molecule has 5 rings (SSSR count). The average molecular weight is 476 g/mol. The summed E-state index contributed by atoms with van der Waals surface area (Å²) in [6.45, 7) is 4.62. The highest BCUT2D eigenvalue weighted by Gasteiger charge is 2.37. The minimum atomic E-state index is -0.195. The number of pyridine rings is 1. The Labute approximate surface area is 206 Å². The number of nitrogens with zero attached hydrogens (tertiary/aromatic N) is 4. The van der Waals surface area contributed by atoms with Gasteiger partial charge < -0.3 is 20.0 Å². The molecule has 3 amide bonds. The van der Waals surface area contributed by atoms with Crippen LogP contribution in [0, 0.1) is 5.92 Å². The Morgan fingerprint density at radius 2 is 1.77 bits per heavy atom. The smallest absolute Gasteiger partial charge is 0.239 e. The molecule has 1 aromatic carbocycles. The molecule has 0 saturated carbocycles. The Kier molecular flexibility index (Phi) is 6.70. The Morgan fingerprint density at radius 3 is 2.49 bits per heavy atom. The minimum absolute atomic E-state index is 0.0566. The first-order valence-corrected chi connectivity index (χ1v) is 12.6. The van der Waals surface area contributed by atoms with Crippen molar-refractivity contribution in [2.75, 3.05) is 31.1 Å². The molecule has 1 aromatic heterocycles. The molecule has 2 saturated heterocycles. The van der Waals surface area contributed by atoms with E-state index in [1.807, 2.05) is 42.2 Å². The quantitative estimate of drug-likeness (QED) is 0.731. The van der Waals surface area contributed by atoms with E-state index in [0.29, 0.717) is 19.5 Å². The Hall–Kier alpha value is -3.42. The molecule has 1 N–H and O–H groups in total. The fourth-order valence-corrected chi connectivity index (χ4v) is 5.61. The van der Waals surface area contributed by atoms with Crippen LogP contribution in [-0.4, -0.2) is 70.8 Å². The molecule has 2 aromatic rings. The fraction of sp³-hybridized carbons (Fsp3) is 0.481. The number of anilines is 1. The van der Waals surface area contributed by atoms with Gasteiger partial charge in [-0.3, -0.25) is 14.4 Å². The topological polar surface area (TPSA) is 85.9 Å². The van der Waals surface area contributed by atoms with Crippen LogP contribution in [0.3, 0.4) is 0 Å². The summed E-state index contributed by atoms with van der Waals surface area (Å²) in [4.78, 5) is 49.2. The van der Waals surface area contributed by atoms with Crippen molar-refractivity contribution in [3.63, 3.8) is 0 Å². The zero-order valence-corrected chi connectivity index (χ0v) is 20.2. The van der Waals surface area contributed by atoms with Gasteiger partial charge in [0.15, 0.2) is 0 Å². The van der Waals surface area contributed by atoms with E-state index in [4.69, 9.17) is 0 Å². The van der Waals surface area contributed by atoms with E-state index in [-0.39, 0.29) is 48.7 Å². The second kappa shape index (κ2) is 10.1. The van der Waals surface area contributed by atoms with Crippen molar-refractivity contribution in [3.05, 3.63) is 59.8 Å². The van der Waals surface area contributed by atoms with E-state index in [1.54, 1.807) is 11.1 Å². The molecule has 0 bridgehead atoms. The van der Waals surface area contributed by atoms with Crippen LogP contribution in [0.15, 0.2) is 48.7 Å². The number of aromatic nitrogens is 1. The predicted octanol–water partition coefficient (Wildman–Crippen LogP) is 1.99. The summed E-state index contributed by atoms with van der Waals surface area (Å²) in [5.41, 5.74) is 2.35. The van der Waals surface area contributed by atoms with Crippen LogP contribution in [0.4, 0.5) is 5.82 Å². The normalized spacial score (nSPS) is 23.0. The lowest BCUT2D eigenvalue weighted by Gasteiger charge is -2.41. The van der Waals surface area contributed by atoms with Gasteiger partial charge in [-0.2, -0.15) is 0 Å². The van der Waals surface area contributed by atoms with Gasteiger partial charge in [0.25, 0.3) is 0 Å². The summed E-state index contributed by atoms with van der Waals surface area (Å²) in [5, 5.41) is 2.86. The van der Waals surface area contributed by atoms with E-state index < -0.39 is 0 Å². The van der Waals surface area contributed by atoms with Gasteiger partial charge in [-0.15, -0.1) is 0 Å². The van der Waals surface area contributed by atoms with Gasteiger partial charge in [-0.05, 0) is 49.4 Å². The molecular formula is C27H33N5O3. The van der Waals surface area contributed by atoms with Crippen molar-refractivity contribution in [1.82, 2.24) is 20.1 Å². The van der Waals surface area contributed by atoms with E-state index >= 15 is 0 Å². The second-order valence-corrected chi connectivity index (χ2v) is 9.99. The van der Waals surface area contributed by atoms with Gasteiger partial charge in [0.1, 0.15) is 5.82 Å². The monoisotopic (exact) mass is 475 g/mol. The third-order valence-electron chi connectivity index (χ3n) is 7.45. The molecule has 8 heteroatoms.